The molecule has 0 saturated carbocycles. The molecule has 0 aromatic carbocycles. The summed E-state index contributed by atoms with van der Waals surface area (Å²) in [5.41, 5.74) is 1.09. The lowest BCUT2D eigenvalue weighted by molar-refractivity contribution is 0.582. The van der Waals surface area contributed by atoms with Crippen molar-refractivity contribution in [1.29, 1.82) is 5.26 Å². The van der Waals surface area contributed by atoms with Gasteiger partial charge in [0.2, 0.25) is 0 Å². The van der Waals surface area contributed by atoms with Crippen LogP contribution in [0.2, 0.25) is 0 Å². The third-order valence-electron chi connectivity index (χ3n) is 2.13. The Labute approximate surface area is 89.6 Å². The minimum absolute atomic E-state index is 0.127. The second kappa shape index (κ2) is 6.58. The minimum atomic E-state index is -0.127. The molecule has 1 aromatic rings. The van der Waals surface area contributed by atoms with Crippen molar-refractivity contribution in [3.05, 3.63) is 22.4 Å². The van der Waals surface area contributed by atoms with Crippen LogP contribution in [0.15, 0.2) is 16.8 Å². The number of rotatable bonds is 6. The van der Waals surface area contributed by atoms with Gasteiger partial charge in [-0.2, -0.15) is 16.6 Å². The number of nitrogens with zero attached hydrogens (tertiary/aromatic N) is 1. The van der Waals surface area contributed by atoms with Crippen LogP contribution in [-0.2, 0) is 0 Å². The maximum absolute atomic E-state index is 8.95. The summed E-state index contributed by atoms with van der Waals surface area (Å²) in [6, 6.07) is 4.16. The first-order chi connectivity index (χ1) is 6.88. The van der Waals surface area contributed by atoms with Gasteiger partial charge >= 0.3 is 0 Å². The highest BCUT2D eigenvalue weighted by atomic mass is 32.1. The van der Waals surface area contributed by atoms with Crippen molar-refractivity contribution in [3.63, 3.8) is 0 Å². The summed E-state index contributed by atoms with van der Waals surface area (Å²) in [5.74, 6) is 0. The van der Waals surface area contributed by atoms with Crippen LogP contribution < -0.4 is 5.32 Å². The van der Waals surface area contributed by atoms with E-state index < -0.39 is 0 Å². The van der Waals surface area contributed by atoms with E-state index in [1.165, 1.54) is 12.8 Å². The molecule has 1 aromatic heterocycles. The SMILES string of the molecule is CCCCCNC(C#N)c1ccsc1. The summed E-state index contributed by atoms with van der Waals surface area (Å²) in [7, 11) is 0. The van der Waals surface area contributed by atoms with Gasteiger partial charge in [0.15, 0.2) is 0 Å². The highest BCUT2D eigenvalue weighted by molar-refractivity contribution is 7.07. The lowest BCUT2D eigenvalue weighted by atomic mass is 10.1. The van der Waals surface area contributed by atoms with Crippen LogP contribution in [-0.4, -0.2) is 6.54 Å². The molecule has 1 heterocycles. The number of thiophene rings is 1. The van der Waals surface area contributed by atoms with Crippen LogP contribution in [0, 0.1) is 11.3 Å². The molecule has 0 bridgehead atoms. The Morgan fingerprint density at radius 3 is 3.00 bits per heavy atom. The summed E-state index contributed by atoms with van der Waals surface area (Å²) in [4.78, 5) is 0. The lowest BCUT2D eigenvalue weighted by Crippen LogP contribution is -2.20. The molecule has 0 radical (unpaired) electrons. The van der Waals surface area contributed by atoms with Gasteiger partial charge in [0.25, 0.3) is 0 Å². The zero-order valence-corrected chi connectivity index (χ0v) is 9.31. The van der Waals surface area contributed by atoms with Gasteiger partial charge < -0.3 is 0 Å². The standard InChI is InChI=1S/C11H16N2S/c1-2-3-4-6-13-11(8-12)10-5-7-14-9-10/h5,7,9,11,13H,2-4,6H2,1H3. The molecular weight excluding hydrogens is 192 g/mol. The monoisotopic (exact) mass is 208 g/mol. The van der Waals surface area contributed by atoms with E-state index in [0.717, 1.165) is 18.5 Å². The van der Waals surface area contributed by atoms with E-state index >= 15 is 0 Å². The number of hydrogen-bond acceptors (Lipinski definition) is 3. The Morgan fingerprint density at radius 2 is 2.43 bits per heavy atom. The molecule has 0 aliphatic rings. The second-order valence-electron chi connectivity index (χ2n) is 3.28. The molecular formula is C11H16N2S. The van der Waals surface area contributed by atoms with Gasteiger partial charge in [-0.1, -0.05) is 19.8 Å². The fraction of sp³-hybridized carbons (Fsp3) is 0.545. The molecule has 0 spiro atoms. The van der Waals surface area contributed by atoms with Crippen molar-refractivity contribution in [1.82, 2.24) is 5.32 Å². The molecule has 1 atom stereocenters. The van der Waals surface area contributed by atoms with Crippen LogP contribution in [0.3, 0.4) is 0 Å². The molecule has 0 fully saturated rings. The zero-order chi connectivity index (χ0) is 10.2. The molecule has 0 aliphatic carbocycles. The Hall–Kier alpha value is -0.850. The summed E-state index contributed by atoms with van der Waals surface area (Å²) < 4.78 is 0. The van der Waals surface area contributed by atoms with Gasteiger partial charge in [-0.3, -0.25) is 5.32 Å². The van der Waals surface area contributed by atoms with Crippen molar-refractivity contribution in [3.8, 4) is 6.07 Å². The Bertz CT molecular complexity index is 274. The molecule has 2 nitrogen and oxygen atoms in total. The molecule has 14 heavy (non-hydrogen) atoms. The minimum Gasteiger partial charge on any atom is -0.298 e. The molecule has 1 rings (SSSR count). The highest BCUT2D eigenvalue weighted by Gasteiger charge is 2.08. The normalized spacial score (nSPS) is 12.3. The van der Waals surface area contributed by atoms with E-state index in [0.29, 0.717) is 0 Å². The van der Waals surface area contributed by atoms with Gasteiger partial charge in [0.05, 0.1) is 6.07 Å². The average molecular weight is 208 g/mol. The molecule has 76 valence electrons. The zero-order valence-electron chi connectivity index (χ0n) is 8.49. The summed E-state index contributed by atoms with van der Waals surface area (Å²) >= 11 is 1.64. The molecule has 3 heteroatoms. The Kier molecular flexibility index (Phi) is 5.28. The van der Waals surface area contributed by atoms with Crippen molar-refractivity contribution in [2.24, 2.45) is 0 Å². The molecule has 0 amide bonds. The van der Waals surface area contributed by atoms with Crippen molar-refractivity contribution < 1.29 is 0 Å². The second-order valence-corrected chi connectivity index (χ2v) is 4.06. The first-order valence-corrected chi connectivity index (χ1v) is 5.98. The molecule has 0 saturated heterocycles. The highest BCUT2D eigenvalue weighted by Crippen LogP contribution is 2.15. The van der Waals surface area contributed by atoms with Crippen LogP contribution in [0.4, 0.5) is 0 Å². The molecule has 0 aliphatic heterocycles. The number of nitrogens with one attached hydrogen (secondary N) is 1. The summed E-state index contributed by atoms with van der Waals surface area (Å²) in [6.07, 6.45) is 3.60. The van der Waals surface area contributed by atoms with Gasteiger partial charge in [-0.15, -0.1) is 0 Å². The van der Waals surface area contributed by atoms with Crippen LogP contribution in [0.1, 0.15) is 37.8 Å². The number of hydrogen-bond donors (Lipinski definition) is 1. The summed E-state index contributed by atoms with van der Waals surface area (Å²) in [6.45, 7) is 3.11. The number of nitriles is 1. The maximum atomic E-state index is 8.95. The van der Waals surface area contributed by atoms with Gasteiger partial charge in [-0.05, 0) is 35.4 Å². The van der Waals surface area contributed by atoms with Crippen molar-refractivity contribution >= 4 is 11.3 Å². The van der Waals surface area contributed by atoms with E-state index in [1.54, 1.807) is 11.3 Å². The van der Waals surface area contributed by atoms with E-state index in [-0.39, 0.29) is 6.04 Å². The van der Waals surface area contributed by atoms with Gasteiger partial charge in [-0.25, -0.2) is 0 Å². The molecule has 1 N–H and O–H groups in total. The van der Waals surface area contributed by atoms with Crippen molar-refractivity contribution in [2.45, 2.75) is 32.2 Å². The first kappa shape index (κ1) is 11.2. The van der Waals surface area contributed by atoms with Crippen LogP contribution in [0.5, 0.6) is 0 Å². The average Bonchev–Trinajstić information content (AvgIpc) is 2.71. The van der Waals surface area contributed by atoms with E-state index in [9.17, 15) is 0 Å². The third kappa shape index (κ3) is 3.49. The van der Waals surface area contributed by atoms with Gasteiger partial charge in [0, 0.05) is 0 Å². The van der Waals surface area contributed by atoms with E-state index in [2.05, 4.69) is 18.3 Å². The fourth-order valence-corrected chi connectivity index (χ4v) is 1.98. The third-order valence-corrected chi connectivity index (χ3v) is 2.84. The largest absolute Gasteiger partial charge is 0.298 e. The maximum Gasteiger partial charge on any atom is 0.122 e. The topological polar surface area (TPSA) is 35.8 Å². The van der Waals surface area contributed by atoms with E-state index in [4.69, 9.17) is 5.26 Å². The van der Waals surface area contributed by atoms with Crippen molar-refractivity contribution in [2.75, 3.05) is 6.54 Å². The fourth-order valence-electron chi connectivity index (χ4n) is 1.30. The Balaban J connectivity index is 2.31. The predicted octanol–water partition coefficient (Wildman–Crippen LogP) is 3.09. The Morgan fingerprint density at radius 1 is 1.57 bits per heavy atom. The quantitative estimate of drug-likeness (QED) is 0.729. The number of unbranched alkanes of at least 4 members (excludes halogenated alkanes) is 2. The first-order valence-electron chi connectivity index (χ1n) is 5.03. The van der Waals surface area contributed by atoms with Crippen LogP contribution in [0.25, 0.3) is 0 Å². The molecule has 1 unspecified atom stereocenters. The lowest BCUT2D eigenvalue weighted by Gasteiger charge is -2.09. The summed E-state index contributed by atoms with van der Waals surface area (Å²) in [5, 5.41) is 16.2. The van der Waals surface area contributed by atoms with Gasteiger partial charge in [0.1, 0.15) is 6.04 Å². The van der Waals surface area contributed by atoms with Crippen LogP contribution >= 0.6 is 11.3 Å². The van der Waals surface area contributed by atoms with E-state index in [1.807, 2.05) is 16.8 Å². The predicted molar refractivity (Wildman–Crippen MR) is 60.2 cm³/mol. The smallest absolute Gasteiger partial charge is 0.122 e.